The molecule has 23 heavy (non-hydrogen) atoms. The molecular formula is C22H17F. The highest BCUT2D eigenvalue weighted by Crippen LogP contribution is 2.60. The number of hydrogen-bond donors (Lipinski definition) is 0. The van der Waals surface area contributed by atoms with Crippen LogP contribution in [0, 0.1) is 0 Å². The predicted octanol–water partition coefficient (Wildman–Crippen LogP) is 5.19. The van der Waals surface area contributed by atoms with Gasteiger partial charge in [0.25, 0.3) is 0 Å². The Hall–Kier alpha value is -2.41. The van der Waals surface area contributed by atoms with Crippen LogP contribution < -0.4 is 0 Å². The van der Waals surface area contributed by atoms with Gasteiger partial charge in [-0.25, -0.2) is 0 Å². The van der Waals surface area contributed by atoms with E-state index in [1.54, 1.807) is 0 Å². The smallest absolute Gasteiger partial charge is 0.0909 e. The molecule has 0 amide bonds. The molecule has 0 unspecified atom stereocenters. The van der Waals surface area contributed by atoms with Crippen molar-refractivity contribution in [1.29, 1.82) is 0 Å². The highest BCUT2D eigenvalue weighted by atomic mass is 19.1. The van der Waals surface area contributed by atoms with Gasteiger partial charge >= 0.3 is 0 Å². The molecule has 6 rings (SSSR count). The molecule has 3 aliphatic rings. The molecular weight excluding hydrogens is 283 g/mol. The van der Waals surface area contributed by atoms with Crippen molar-refractivity contribution in [2.24, 2.45) is 0 Å². The maximum absolute atomic E-state index is 13.7. The molecule has 0 heterocycles. The number of benzene rings is 3. The van der Waals surface area contributed by atoms with Gasteiger partial charge in [0, 0.05) is 11.3 Å². The number of rotatable bonds is 2. The molecule has 0 saturated carbocycles. The van der Waals surface area contributed by atoms with Crippen molar-refractivity contribution in [3.63, 3.8) is 0 Å². The van der Waals surface area contributed by atoms with Gasteiger partial charge in [0.2, 0.25) is 0 Å². The van der Waals surface area contributed by atoms with E-state index in [-0.39, 0.29) is 18.0 Å². The van der Waals surface area contributed by atoms with E-state index in [1.165, 1.54) is 33.4 Å². The molecule has 0 aliphatic heterocycles. The molecule has 1 heteroatoms. The Morgan fingerprint density at radius 1 is 0.652 bits per heavy atom. The largest absolute Gasteiger partial charge is 0.251 e. The SMILES string of the molecule is FCCC12c3ccccc3C(c3ccccc31)c1ccccc12. The summed E-state index contributed by atoms with van der Waals surface area (Å²) in [4.78, 5) is 0. The van der Waals surface area contributed by atoms with Gasteiger partial charge in [0.1, 0.15) is 0 Å². The van der Waals surface area contributed by atoms with E-state index in [4.69, 9.17) is 0 Å². The first-order valence-corrected chi connectivity index (χ1v) is 8.22. The normalized spacial score (nSPS) is 23.1. The van der Waals surface area contributed by atoms with Crippen molar-refractivity contribution in [3.05, 3.63) is 106 Å². The molecule has 3 aromatic rings. The summed E-state index contributed by atoms with van der Waals surface area (Å²) in [6.45, 7) is -0.318. The van der Waals surface area contributed by atoms with Gasteiger partial charge in [-0.1, -0.05) is 72.8 Å². The lowest BCUT2D eigenvalue weighted by Gasteiger charge is -2.50. The Balaban J connectivity index is 1.97. The first-order valence-electron chi connectivity index (χ1n) is 8.22. The maximum Gasteiger partial charge on any atom is 0.0909 e. The van der Waals surface area contributed by atoms with Crippen LogP contribution in [-0.4, -0.2) is 6.67 Å². The van der Waals surface area contributed by atoms with Crippen LogP contribution in [-0.2, 0) is 5.41 Å². The minimum absolute atomic E-state index is 0.278. The van der Waals surface area contributed by atoms with Crippen LogP contribution in [0.4, 0.5) is 4.39 Å². The first kappa shape index (κ1) is 13.1. The molecule has 0 fully saturated rings. The van der Waals surface area contributed by atoms with Crippen LogP contribution in [0.2, 0.25) is 0 Å². The summed E-state index contributed by atoms with van der Waals surface area (Å²) in [5, 5.41) is 0. The van der Waals surface area contributed by atoms with Gasteiger partial charge < -0.3 is 0 Å². The second-order valence-corrected chi connectivity index (χ2v) is 6.54. The quantitative estimate of drug-likeness (QED) is 0.611. The third-order valence-corrected chi connectivity index (χ3v) is 5.66. The third-order valence-electron chi connectivity index (χ3n) is 5.66. The topological polar surface area (TPSA) is 0 Å². The van der Waals surface area contributed by atoms with Crippen molar-refractivity contribution in [1.82, 2.24) is 0 Å². The summed E-state index contributed by atoms with van der Waals surface area (Å²) in [6, 6.07) is 25.8. The van der Waals surface area contributed by atoms with E-state index < -0.39 is 0 Å². The monoisotopic (exact) mass is 300 g/mol. The zero-order valence-electron chi connectivity index (χ0n) is 12.8. The molecule has 0 nitrogen and oxygen atoms in total. The predicted molar refractivity (Wildman–Crippen MR) is 90.7 cm³/mol. The molecule has 3 aromatic carbocycles. The van der Waals surface area contributed by atoms with Crippen LogP contribution in [0.5, 0.6) is 0 Å². The third kappa shape index (κ3) is 1.45. The minimum Gasteiger partial charge on any atom is -0.251 e. The van der Waals surface area contributed by atoms with Crippen molar-refractivity contribution < 1.29 is 4.39 Å². The van der Waals surface area contributed by atoms with Gasteiger partial charge in [-0.15, -0.1) is 0 Å². The molecule has 2 bridgehead atoms. The van der Waals surface area contributed by atoms with Crippen LogP contribution in [0.15, 0.2) is 72.8 Å². The number of hydrogen-bond acceptors (Lipinski definition) is 0. The van der Waals surface area contributed by atoms with Crippen molar-refractivity contribution in [2.75, 3.05) is 6.67 Å². The van der Waals surface area contributed by atoms with Gasteiger partial charge in [0.15, 0.2) is 0 Å². The molecule has 0 spiro atoms. The summed E-state index contributed by atoms with van der Waals surface area (Å²) < 4.78 is 13.7. The minimum atomic E-state index is -0.340. The summed E-state index contributed by atoms with van der Waals surface area (Å²) in [6.07, 6.45) is 0.505. The number of alkyl halides is 1. The van der Waals surface area contributed by atoms with Gasteiger partial charge in [-0.3, -0.25) is 4.39 Å². The van der Waals surface area contributed by atoms with Crippen LogP contribution in [0.1, 0.15) is 45.7 Å². The van der Waals surface area contributed by atoms with E-state index in [0.717, 1.165) is 0 Å². The van der Waals surface area contributed by atoms with E-state index in [0.29, 0.717) is 6.42 Å². The highest BCUT2D eigenvalue weighted by Gasteiger charge is 2.50. The Morgan fingerprint density at radius 3 is 1.43 bits per heavy atom. The van der Waals surface area contributed by atoms with E-state index in [1.807, 2.05) is 0 Å². The molecule has 112 valence electrons. The van der Waals surface area contributed by atoms with Crippen LogP contribution in [0.3, 0.4) is 0 Å². The van der Waals surface area contributed by atoms with Crippen LogP contribution in [0.25, 0.3) is 0 Å². The lowest BCUT2D eigenvalue weighted by Crippen LogP contribution is -2.42. The van der Waals surface area contributed by atoms with E-state index in [2.05, 4.69) is 72.8 Å². The van der Waals surface area contributed by atoms with Gasteiger partial charge in [-0.05, 0) is 39.8 Å². The Morgan fingerprint density at radius 2 is 1.04 bits per heavy atom. The lowest BCUT2D eigenvalue weighted by atomic mass is 9.52. The standard InChI is InChI=1S/C22H17F/c23-14-13-22-18-10-4-1-7-15(18)21(16-8-2-5-11-19(16)22)17-9-3-6-12-20(17)22/h1-12,21H,13-14H2. The van der Waals surface area contributed by atoms with E-state index >= 15 is 0 Å². The maximum atomic E-state index is 13.7. The first-order chi connectivity index (χ1) is 11.4. The molecule has 0 radical (unpaired) electrons. The fourth-order valence-electron chi connectivity index (χ4n) is 4.90. The zero-order valence-corrected chi connectivity index (χ0v) is 12.8. The fourth-order valence-corrected chi connectivity index (χ4v) is 4.90. The summed E-state index contributed by atoms with van der Waals surface area (Å²) >= 11 is 0. The molecule has 0 aromatic heterocycles. The second-order valence-electron chi connectivity index (χ2n) is 6.54. The van der Waals surface area contributed by atoms with Crippen molar-refractivity contribution in [3.8, 4) is 0 Å². The van der Waals surface area contributed by atoms with Crippen molar-refractivity contribution in [2.45, 2.75) is 17.8 Å². The Labute approximate surface area is 135 Å². The van der Waals surface area contributed by atoms with Gasteiger partial charge in [0.05, 0.1) is 6.67 Å². The summed E-state index contributed by atoms with van der Waals surface area (Å²) in [7, 11) is 0. The molecule has 3 aliphatic carbocycles. The Bertz CT molecular complexity index is 793. The zero-order chi connectivity index (χ0) is 15.4. The summed E-state index contributed by atoms with van der Waals surface area (Å²) in [5.41, 5.74) is 7.57. The van der Waals surface area contributed by atoms with Gasteiger partial charge in [-0.2, -0.15) is 0 Å². The molecule has 0 atom stereocenters. The molecule has 0 saturated heterocycles. The second kappa shape index (κ2) is 4.55. The number of halogens is 1. The summed E-state index contributed by atoms with van der Waals surface area (Å²) in [5.74, 6) is 0.278. The average Bonchev–Trinajstić information content (AvgIpc) is 2.62. The fraction of sp³-hybridized carbons (Fsp3) is 0.182. The average molecular weight is 300 g/mol. The van der Waals surface area contributed by atoms with Crippen molar-refractivity contribution >= 4 is 0 Å². The Kier molecular flexibility index (Phi) is 2.58. The molecule has 0 N–H and O–H groups in total. The van der Waals surface area contributed by atoms with Crippen LogP contribution >= 0.6 is 0 Å². The highest BCUT2D eigenvalue weighted by molar-refractivity contribution is 5.71. The van der Waals surface area contributed by atoms with E-state index in [9.17, 15) is 4.39 Å². The lowest BCUT2D eigenvalue weighted by molar-refractivity contribution is 0.396.